The van der Waals surface area contributed by atoms with Gasteiger partial charge in [-0.15, -0.1) is 0 Å². The van der Waals surface area contributed by atoms with Crippen LogP contribution in [0.4, 0.5) is 0 Å². The first-order valence-electron chi connectivity index (χ1n) is 4.03. The van der Waals surface area contributed by atoms with Crippen molar-refractivity contribution in [1.82, 2.24) is 20.0 Å². The van der Waals surface area contributed by atoms with Gasteiger partial charge in [-0.25, -0.2) is 20.0 Å². The molecule has 4 fully saturated rings. The van der Waals surface area contributed by atoms with Gasteiger partial charge in [0.05, 0.1) is 0 Å². The second kappa shape index (κ2) is 1.14. The molecule has 10 heavy (non-hydrogen) atoms. The summed E-state index contributed by atoms with van der Waals surface area (Å²) in [6, 6.07) is 0. The third-order valence-electron chi connectivity index (χ3n) is 3.26. The Labute approximate surface area is 59.5 Å². The zero-order valence-electron chi connectivity index (χ0n) is 5.77. The zero-order valence-corrected chi connectivity index (χ0v) is 5.77. The molecule has 4 nitrogen and oxygen atoms in total. The predicted octanol–water partition coefficient (Wildman–Crippen LogP) is -1.27. The normalized spacial score (nSPS) is 52.8. The summed E-state index contributed by atoms with van der Waals surface area (Å²) in [7, 11) is 0. The van der Waals surface area contributed by atoms with Crippen molar-refractivity contribution in [2.75, 3.05) is 26.2 Å². The summed E-state index contributed by atoms with van der Waals surface area (Å²) in [6.45, 7) is 5.19. The lowest BCUT2D eigenvalue weighted by Gasteiger charge is -2.80. The fraction of sp³-hybridized carbons (Fsp3) is 1.00. The van der Waals surface area contributed by atoms with E-state index in [1.165, 1.54) is 26.2 Å². The molecule has 0 bridgehead atoms. The van der Waals surface area contributed by atoms with E-state index in [1.54, 1.807) is 0 Å². The highest BCUT2D eigenvalue weighted by atomic mass is 16.0. The number of hydrogen-bond donors (Lipinski definition) is 0. The molecule has 0 aromatic heterocycles. The van der Waals surface area contributed by atoms with Gasteiger partial charge in [0.25, 0.3) is 0 Å². The van der Waals surface area contributed by atoms with Crippen LogP contribution in [-0.4, -0.2) is 58.5 Å². The van der Waals surface area contributed by atoms with Crippen molar-refractivity contribution in [2.45, 2.75) is 12.3 Å². The Bertz CT molecular complexity index is 164. The molecule has 54 valence electrons. The van der Waals surface area contributed by atoms with Crippen molar-refractivity contribution in [3.8, 4) is 0 Å². The van der Waals surface area contributed by atoms with Crippen LogP contribution in [-0.2, 0) is 0 Å². The smallest absolute Gasteiger partial charge is 0.121 e. The second-order valence-electron chi connectivity index (χ2n) is 3.48. The van der Waals surface area contributed by atoms with Gasteiger partial charge in [0.2, 0.25) is 0 Å². The minimum absolute atomic E-state index is 0.794. The number of hydrogen-bond acceptors (Lipinski definition) is 4. The fourth-order valence-corrected chi connectivity index (χ4v) is 2.58. The van der Waals surface area contributed by atoms with E-state index in [9.17, 15) is 0 Å². The number of nitrogens with zero attached hydrogens (tertiary/aromatic N) is 4. The molecule has 0 aromatic rings. The molecule has 4 aliphatic heterocycles. The first kappa shape index (κ1) is 4.66. The Balaban J connectivity index is 1.69. The molecule has 0 aliphatic carbocycles. The summed E-state index contributed by atoms with van der Waals surface area (Å²) < 4.78 is 0. The van der Waals surface area contributed by atoms with Crippen molar-refractivity contribution < 1.29 is 0 Å². The SMILES string of the molecule is C1CN2C3C(N12)N1CCN31. The molecule has 4 heterocycles. The van der Waals surface area contributed by atoms with Gasteiger partial charge in [0, 0.05) is 26.2 Å². The molecule has 0 atom stereocenters. The molecule has 4 saturated heterocycles. The van der Waals surface area contributed by atoms with Gasteiger partial charge in [-0.2, -0.15) is 0 Å². The maximum Gasteiger partial charge on any atom is 0.121 e. The standard InChI is InChI=1S/C6H10N4/c1-2-8-6-5(7(1)8)9-3-4-10(6)9/h5-6H,1-4H2. The van der Waals surface area contributed by atoms with E-state index in [0.717, 1.165) is 12.3 Å². The van der Waals surface area contributed by atoms with Crippen LogP contribution in [0.5, 0.6) is 0 Å². The minimum atomic E-state index is 0.794. The lowest BCUT2D eigenvalue weighted by Crippen LogP contribution is -2.99. The molecule has 0 radical (unpaired) electrons. The van der Waals surface area contributed by atoms with Crippen LogP contribution in [0.3, 0.4) is 0 Å². The van der Waals surface area contributed by atoms with Crippen molar-refractivity contribution in [3.63, 3.8) is 0 Å². The van der Waals surface area contributed by atoms with E-state index in [1.807, 2.05) is 0 Å². The van der Waals surface area contributed by atoms with Gasteiger partial charge in [-0.05, 0) is 0 Å². The van der Waals surface area contributed by atoms with E-state index < -0.39 is 0 Å². The highest BCUT2D eigenvalue weighted by molar-refractivity contribution is 5.08. The molecule has 4 rings (SSSR count). The maximum absolute atomic E-state index is 2.47. The average Bonchev–Trinajstić information content (AvgIpc) is 1.82. The third kappa shape index (κ3) is 0.256. The second-order valence-corrected chi connectivity index (χ2v) is 3.48. The Morgan fingerprint density at radius 2 is 0.900 bits per heavy atom. The maximum atomic E-state index is 2.47. The van der Waals surface area contributed by atoms with Crippen LogP contribution in [0.2, 0.25) is 0 Å². The van der Waals surface area contributed by atoms with Gasteiger partial charge in [0.1, 0.15) is 12.3 Å². The van der Waals surface area contributed by atoms with E-state index in [-0.39, 0.29) is 0 Å². The quantitative estimate of drug-likeness (QED) is 0.414. The van der Waals surface area contributed by atoms with Crippen LogP contribution < -0.4 is 0 Å². The highest BCUT2D eigenvalue weighted by Gasteiger charge is 2.68. The summed E-state index contributed by atoms with van der Waals surface area (Å²) in [5.74, 6) is 0. The molecule has 0 unspecified atom stereocenters. The number of rotatable bonds is 0. The Morgan fingerprint density at radius 3 is 1.10 bits per heavy atom. The highest BCUT2D eigenvalue weighted by Crippen LogP contribution is 2.48. The van der Waals surface area contributed by atoms with Crippen LogP contribution in [0, 0.1) is 0 Å². The molecule has 0 aromatic carbocycles. The van der Waals surface area contributed by atoms with E-state index >= 15 is 0 Å². The van der Waals surface area contributed by atoms with Crippen LogP contribution >= 0.6 is 0 Å². The van der Waals surface area contributed by atoms with Crippen molar-refractivity contribution in [2.24, 2.45) is 0 Å². The summed E-state index contributed by atoms with van der Waals surface area (Å²) >= 11 is 0. The summed E-state index contributed by atoms with van der Waals surface area (Å²) in [5, 5.41) is 9.89. The van der Waals surface area contributed by atoms with Gasteiger partial charge in [-0.1, -0.05) is 0 Å². The molecular weight excluding hydrogens is 128 g/mol. The number of fused-ring (bicyclic) bond motifs is 7. The monoisotopic (exact) mass is 138 g/mol. The molecule has 0 saturated carbocycles. The predicted molar refractivity (Wildman–Crippen MR) is 34.4 cm³/mol. The Kier molecular flexibility index (Phi) is 0.531. The summed E-state index contributed by atoms with van der Waals surface area (Å²) in [6.07, 6.45) is 1.59. The molecule has 0 spiro atoms. The molecular formula is C6H10N4. The first-order valence-corrected chi connectivity index (χ1v) is 4.03. The first-order chi connectivity index (χ1) is 4.97. The summed E-state index contributed by atoms with van der Waals surface area (Å²) in [5.41, 5.74) is 0. The van der Waals surface area contributed by atoms with E-state index in [4.69, 9.17) is 0 Å². The van der Waals surface area contributed by atoms with Gasteiger partial charge < -0.3 is 0 Å². The van der Waals surface area contributed by atoms with Crippen molar-refractivity contribution in [1.29, 1.82) is 0 Å². The number of hydrazine groups is 2. The lowest BCUT2D eigenvalue weighted by atomic mass is 10.0. The minimum Gasteiger partial charge on any atom is -0.217 e. The van der Waals surface area contributed by atoms with Crippen LogP contribution in [0.25, 0.3) is 0 Å². The van der Waals surface area contributed by atoms with Crippen molar-refractivity contribution >= 4 is 0 Å². The van der Waals surface area contributed by atoms with E-state index in [0.29, 0.717) is 0 Å². The Hall–Kier alpha value is -0.160. The molecule has 0 N–H and O–H groups in total. The molecule has 4 heteroatoms. The van der Waals surface area contributed by atoms with Crippen LogP contribution in [0.1, 0.15) is 0 Å². The number of piperazine rings is 2. The Morgan fingerprint density at radius 1 is 0.600 bits per heavy atom. The summed E-state index contributed by atoms with van der Waals surface area (Å²) in [4.78, 5) is 0. The fourth-order valence-electron chi connectivity index (χ4n) is 2.58. The molecule has 4 aliphatic rings. The van der Waals surface area contributed by atoms with Crippen LogP contribution in [0.15, 0.2) is 0 Å². The van der Waals surface area contributed by atoms with Gasteiger partial charge >= 0.3 is 0 Å². The molecule has 0 amide bonds. The van der Waals surface area contributed by atoms with Gasteiger partial charge in [-0.3, -0.25) is 0 Å². The zero-order chi connectivity index (χ0) is 6.29. The van der Waals surface area contributed by atoms with Gasteiger partial charge in [0.15, 0.2) is 0 Å². The van der Waals surface area contributed by atoms with E-state index in [2.05, 4.69) is 20.0 Å². The lowest BCUT2D eigenvalue weighted by molar-refractivity contribution is -0.499. The third-order valence-corrected chi connectivity index (χ3v) is 3.26. The van der Waals surface area contributed by atoms with Crippen molar-refractivity contribution in [3.05, 3.63) is 0 Å². The largest absolute Gasteiger partial charge is 0.217 e. The average molecular weight is 138 g/mol. The topological polar surface area (TPSA) is 13.0 Å².